The van der Waals surface area contributed by atoms with Crippen LogP contribution in [0.25, 0.3) is 10.4 Å². The number of ether oxygens (including phenoxy) is 3. The fraction of sp³-hybridized carbons (Fsp3) is 0.593. The van der Waals surface area contributed by atoms with Crippen LogP contribution < -0.4 is 9.47 Å². The minimum Gasteiger partial charge on any atom is -0.487 e. The molecule has 2 aromatic rings. The summed E-state index contributed by atoms with van der Waals surface area (Å²) in [4.78, 5) is 17.8. The first-order valence-corrected chi connectivity index (χ1v) is 13.4. The molecule has 3 heterocycles. The van der Waals surface area contributed by atoms with Gasteiger partial charge in [-0.25, -0.2) is 0 Å². The Morgan fingerprint density at radius 3 is 2.70 bits per heavy atom. The highest BCUT2D eigenvalue weighted by Gasteiger charge is 2.29. The zero-order chi connectivity index (χ0) is 22.6. The lowest BCUT2D eigenvalue weighted by atomic mass is 9.88. The number of benzene rings is 1. The maximum Gasteiger partial charge on any atom is 0.226 e. The highest BCUT2D eigenvalue weighted by molar-refractivity contribution is 7.15. The van der Waals surface area contributed by atoms with Crippen LogP contribution >= 0.6 is 11.3 Å². The molecule has 1 aromatic carbocycles. The summed E-state index contributed by atoms with van der Waals surface area (Å²) in [6.45, 7) is 5.19. The zero-order valence-corrected chi connectivity index (χ0v) is 20.5. The third-order valence-corrected chi connectivity index (χ3v) is 8.14. The van der Waals surface area contributed by atoms with E-state index >= 15 is 0 Å². The minimum absolute atomic E-state index is 0.136. The lowest BCUT2D eigenvalue weighted by Gasteiger charge is -2.28. The monoisotopic (exact) mass is 469 g/mol. The molecule has 1 saturated heterocycles. The molecule has 1 aliphatic carbocycles. The molecule has 5 rings (SSSR count). The molecule has 1 amide bonds. The van der Waals surface area contributed by atoms with E-state index in [0.717, 1.165) is 54.9 Å². The average Bonchev–Trinajstić information content (AvgIpc) is 3.17. The second kappa shape index (κ2) is 10.5. The van der Waals surface area contributed by atoms with Crippen molar-refractivity contribution in [3.8, 4) is 21.9 Å². The Balaban J connectivity index is 1.42. The average molecular weight is 470 g/mol. The molecule has 1 aromatic heterocycles. The van der Waals surface area contributed by atoms with Gasteiger partial charge in [0.25, 0.3) is 0 Å². The van der Waals surface area contributed by atoms with Gasteiger partial charge in [-0.1, -0.05) is 19.3 Å². The van der Waals surface area contributed by atoms with E-state index in [0.29, 0.717) is 32.2 Å². The number of hydrogen-bond donors (Lipinski definition) is 0. The lowest BCUT2D eigenvalue weighted by molar-refractivity contribution is -0.137. The molecule has 0 bridgehead atoms. The Morgan fingerprint density at radius 1 is 1.09 bits per heavy atom. The number of rotatable bonds is 5. The van der Waals surface area contributed by atoms with Crippen molar-refractivity contribution >= 4 is 17.2 Å². The van der Waals surface area contributed by atoms with E-state index in [-0.39, 0.29) is 12.0 Å². The van der Waals surface area contributed by atoms with E-state index in [1.807, 2.05) is 4.90 Å². The Labute approximate surface area is 201 Å². The van der Waals surface area contributed by atoms with Crippen molar-refractivity contribution in [1.29, 1.82) is 0 Å². The van der Waals surface area contributed by atoms with Crippen molar-refractivity contribution < 1.29 is 19.0 Å². The van der Waals surface area contributed by atoms with Crippen molar-refractivity contribution in [2.45, 2.75) is 70.9 Å². The first-order chi connectivity index (χ1) is 16.2. The maximum atomic E-state index is 13.3. The van der Waals surface area contributed by atoms with Gasteiger partial charge >= 0.3 is 0 Å². The molecule has 5 nitrogen and oxygen atoms in total. The van der Waals surface area contributed by atoms with Crippen LogP contribution in [0.2, 0.25) is 0 Å². The number of hydrogen-bond acceptors (Lipinski definition) is 5. The number of nitrogens with zero attached hydrogens (tertiary/aromatic N) is 1. The van der Waals surface area contributed by atoms with Crippen LogP contribution in [-0.2, 0) is 16.1 Å². The molecule has 1 atom stereocenters. The van der Waals surface area contributed by atoms with Crippen LogP contribution in [0.5, 0.6) is 11.5 Å². The van der Waals surface area contributed by atoms with Crippen molar-refractivity contribution in [3.63, 3.8) is 0 Å². The predicted octanol–water partition coefficient (Wildman–Crippen LogP) is 5.97. The van der Waals surface area contributed by atoms with E-state index in [2.05, 4.69) is 31.2 Å². The highest BCUT2D eigenvalue weighted by Crippen LogP contribution is 2.41. The number of thiophene rings is 1. The van der Waals surface area contributed by atoms with Crippen LogP contribution in [0.15, 0.2) is 24.3 Å². The van der Waals surface area contributed by atoms with Gasteiger partial charge < -0.3 is 19.1 Å². The smallest absolute Gasteiger partial charge is 0.226 e. The molecule has 0 spiro atoms. The fourth-order valence-electron chi connectivity index (χ4n) is 5.24. The SMILES string of the molecule is Cc1ccc(-c2cc3c(c(OC[C@H]4CCCCO4)c2)OCCN(C(=O)C2CCCCC2)C3)s1. The van der Waals surface area contributed by atoms with Crippen LogP contribution in [0.4, 0.5) is 0 Å². The van der Waals surface area contributed by atoms with Gasteiger partial charge in [0.15, 0.2) is 11.5 Å². The Kier molecular flexibility index (Phi) is 7.21. The van der Waals surface area contributed by atoms with Gasteiger partial charge in [0.05, 0.1) is 12.6 Å². The van der Waals surface area contributed by atoms with E-state index < -0.39 is 0 Å². The lowest BCUT2D eigenvalue weighted by Crippen LogP contribution is -2.37. The van der Waals surface area contributed by atoms with Gasteiger partial charge in [-0.2, -0.15) is 0 Å². The van der Waals surface area contributed by atoms with E-state index in [1.54, 1.807) is 11.3 Å². The molecule has 2 fully saturated rings. The third-order valence-electron chi connectivity index (χ3n) is 7.09. The van der Waals surface area contributed by atoms with Crippen LogP contribution in [0.1, 0.15) is 61.8 Å². The Bertz CT molecular complexity index is 959. The number of carbonyl (C=O) groups is 1. The molecule has 0 radical (unpaired) electrons. The van der Waals surface area contributed by atoms with Crippen LogP contribution in [0.3, 0.4) is 0 Å². The quantitative estimate of drug-likeness (QED) is 0.541. The standard InChI is InChI=1S/C27H35NO4S/c1-19-10-11-25(33-19)21-15-22-17-28(27(29)20-7-3-2-4-8-20)12-14-31-26(22)24(16-21)32-18-23-9-5-6-13-30-23/h10-11,15-16,20,23H,2-9,12-14,17-18H2,1H3/t23-/m1/s1. The van der Waals surface area contributed by atoms with E-state index in [4.69, 9.17) is 14.2 Å². The molecule has 2 aliphatic heterocycles. The number of aryl methyl sites for hydroxylation is 1. The molecule has 1 saturated carbocycles. The number of fused-ring (bicyclic) bond motifs is 1. The zero-order valence-electron chi connectivity index (χ0n) is 19.6. The largest absolute Gasteiger partial charge is 0.487 e. The summed E-state index contributed by atoms with van der Waals surface area (Å²) in [6.07, 6.45) is 9.13. The summed E-state index contributed by atoms with van der Waals surface area (Å²) in [5.41, 5.74) is 2.17. The summed E-state index contributed by atoms with van der Waals surface area (Å²) in [5.74, 6) is 2.03. The van der Waals surface area contributed by atoms with Crippen molar-refractivity contribution in [1.82, 2.24) is 4.90 Å². The van der Waals surface area contributed by atoms with E-state index in [9.17, 15) is 4.79 Å². The molecule has 178 valence electrons. The van der Waals surface area contributed by atoms with Gasteiger partial charge in [0, 0.05) is 34.4 Å². The second-order valence-electron chi connectivity index (χ2n) is 9.62. The van der Waals surface area contributed by atoms with Crippen molar-refractivity contribution in [3.05, 3.63) is 34.7 Å². The fourth-order valence-corrected chi connectivity index (χ4v) is 6.10. The number of carbonyl (C=O) groups excluding carboxylic acids is 1. The molecule has 6 heteroatoms. The second-order valence-corrected chi connectivity index (χ2v) is 10.9. The molecular formula is C27H35NO4S. The summed E-state index contributed by atoms with van der Waals surface area (Å²) in [6, 6.07) is 8.61. The summed E-state index contributed by atoms with van der Waals surface area (Å²) < 4.78 is 18.4. The highest BCUT2D eigenvalue weighted by atomic mass is 32.1. The van der Waals surface area contributed by atoms with Crippen molar-refractivity contribution in [2.24, 2.45) is 5.92 Å². The first kappa shape index (κ1) is 22.7. The number of amides is 1. The van der Waals surface area contributed by atoms with Gasteiger partial charge in [-0.15, -0.1) is 11.3 Å². The molecule has 0 unspecified atom stereocenters. The maximum absolute atomic E-state index is 13.3. The van der Waals surface area contributed by atoms with Gasteiger partial charge in [-0.3, -0.25) is 4.79 Å². The van der Waals surface area contributed by atoms with Crippen LogP contribution in [-0.4, -0.2) is 43.3 Å². The van der Waals surface area contributed by atoms with Gasteiger partial charge in [0.1, 0.15) is 13.2 Å². The summed E-state index contributed by atoms with van der Waals surface area (Å²) >= 11 is 1.78. The minimum atomic E-state index is 0.136. The topological polar surface area (TPSA) is 48.0 Å². The Morgan fingerprint density at radius 2 is 1.94 bits per heavy atom. The van der Waals surface area contributed by atoms with Gasteiger partial charge in [-0.05, 0) is 68.9 Å². The molecule has 0 N–H and O–H groups in total. The van der Waals surface area contributed by atoms with E-state index in [1.165, 1.54) is 35.4 Å². The Hall–Kier alpha value is -2.05. The third kappa shape index (κ3) is 5.38. The molecule has 33 heavy (non-hydrogen) atoms. The molecular weight excluding hydrogens is 434 g/mol. The summed E-state index contributed by atoms with van der Waals surface area (Å²) in [7, 11) is 0. The normalized spacial score (nSPS) is 21.7. The van der Waals surface area contributed by atoms with Gasteiger partial charge in [0.2, 0.25) is 5.91 Å². The summed E-state index contributed by atoms with van der Waals surface area (Å²) in [5, 5.41) is 0. The van der Waals surface area contributed by atoms with Crippen molar-refractivity contribution in [2.75, 3.05) is 26.4 Å². The predicted molar refractivity (Wildman–Crippen MR) is 131 cm³/mol. The molecule has 3 aliphatic rings. The van der Waals surface area contributed by atoms with Crippen LogP contribution in [0, 0.1) is 12.8 Å². The first-order valence-electron chi connectivity index (χ1n) is 12.6.